The first-order chi connectivity index (χ1) is 9.54. The number of carboxylic acids is 1. The van der Waals surface area contributed by atoms with Gasteiger partial charge < -0.3 is 10.4 Å². The number of carboxylic acid groups (broad SMARTS) is 1. The van der Waals surface area contributed by atoms with Gasteiger partial charge in [0.25, 0.3) is 0 Å². The van der Waals surface area contributed by atoms with Crippen LogP contribution in [0.3, 0.4) is 0 Å². The molecule has 0 amide bonds. The lowest BCUT2D eigenvalue weighted by Gasteiger charge is -2.26. The van der Waals surface area contributed by atoms with E-state index in [9.17, 15) is 4.79 Å². The lowest BCUT2D eigenvalue weighted by Crippen LogP contribution is -2.28. The molecule has 0 saturated heterocycles. The van der Waals surface area contributed by atoms with Crippen molar-refractivity contribution in [3.63, 3.8) is 0 Å². The van der Waals surface area contributed by atoms with E-state index in [0.717, 1.165) is 44.3 Å². The van der Waals surface area contributed by atoms with Crippen LogP contribution in [0.15, 0.2) is 18.2 Å². The topological polar surface area (TPSA) is 49.3 Å². The Morgan fingerprint density at radius 3 is 2.30 bits per heavy atom. The number of rotatable bonds is 5. The highest BCUT2D eigenvalue weighted by Crippen LogP contribution is 2.28. The van der Waals surface area contributed by atoms with Crippen molar-refractivity contribution in [2.45, 2.75) is 32.2 Å². The van der Waals surface area contributed by atoms with Crippen LogP contribution in [0.25, 0.3) is 0 Å². The van der Waals surface area contributed by atoms with Crippen LogP contribution in [0, 0.1) is 11.8 Å². The number of nitrogens with one attached hydrogen (secondary N) is 1. The largest absolute Gasteiger partial charge is 0.481 e. The van der Waals surface area contributed by atoms with Gasteiger partial charge in [0.1, 0.15) is 0 Å². The molecule has 1 aromatic rings. The Morgan fingerprint density at radius 1 is 1.15 bits per heavy atom. The van der Waals surface area contributed by atoms with Gasteiger partial charge in [0.05, 0.1) is 5.92 Å². The second-order valence-corrected chi connectivity index (χ2v) is 6.34. The van der Waals surface area contributed by atoms with E-state index in [2.05, 4.69) is 5.32 Å². The zero-order valence-electron chi connectivity index (χ0n) is 11.2. The van der Waals surface area contributed by atoms with Gasteiger partial charge in [0.2, 0.25) is 0 Å². The smallest absolute Gasteiger partial charge is 0.306 e. The maximum Gasteiger partial charge on any atom is 0.306 e. The molecule has 0 heterocycles. The number of aliphatic carboxylic acids is 1. The summed E-state index contributed by atoms with van der Waals surface area (Å²) in [6.45, 7) is 1.65. The lowest BCUT2D eigenvalue weighted by atomic mass is 9.82. The fraction of sp³-hybridized carbons (Fsp3) is 0.533. The minimum absolute atomic E-state index is 0.141. The van der Waals surface area contributed by atoms with Crippen LogP contribution in [-0.4, -0.2) is 17.6 Å². The molecule has 1 aromatic carbocycles. The summed E-state index contributed by atoms with van der Waals surface area (Å²) in [6.07, 6.45) is 3.57. The van der Waals surface area contributed by atoms with Gasteiger partial charge >= 0.3 is 5.97 Å². The molecule has 2 rings (SSSR count). The number of halogens is 2. The van der Waals surface area contributed by atoms with E-state index < -0.39 is 5.97 Å². The zero-order valence-corrected chi connectivity index (χ0v) is 12.8. The Kier molecular flexibility index (Phi) is 5.70. The third-order valence-electron chi connectivity index (χ3n) is 3.88. The molecule has 1 fully saturated rings. The Bertz CT molecular complexity index is 451. The summed E-state index contributed by atoms with van der Waals surface area (Å²) >= 11 is 11.9. The number of carbonyl (C=O) groups is 1. The molecule has 0 atom stereocenters. The number of hydrogen-bond donors (Lipinski definition) is 2. The van der Waals surface area contributed by atoms with Gasteiger partial charge in [0.15, 0.2) is 0 Å². The highest BCUT2D eigenvalue weighted by molar-refractivity contribution is 6.34. The standard InChI is InChI=1S/C15H19Cl2NO2/c16-13-5-11(6-14(17)7-13)9-18-8-10-1-3-12(4-2-10)15(19)20/h5-7,10,12,18H,1-4,8-9H2,(H,19,20). The van der Waals surface area contributed by atoms with Crippen LogP contribution >= 0.6 is 23.2 Å². The summed E-state index contributed by atoms with van der Waals surface area (Å²) in [5, 5.41) is 13.7. The Labute approximate surface area is 129 Å². The van der Waals surface area contributed by atoms with E-state index in [0.29, 0.717) is 16.0 Å². The first-order valence-corrected chi connectivity index (χ1v) is 7.68. The van der Waals surface area contributed by atoms with E-state index in [1.165, 1.54) is 0 Å². The minimum Gasteiger partial charge on any atom is -0.481 e. The summed E-state index contributed by atoms with van der Waals surface area (Å²) in [7, 11) is 0. The molecule has 1 aliphatic rings. The molecule has 3 nitrogen and oxygen atoms in total. The van der Waals surface area contributed by atoms with Gasteiger partial charge in [0, 0.05) is 16.6 Å². The SMILES string of the molecule is O=C(O)C1CCC(CNCc2cc(Cl)cc(Cl)c2)CC1. The fourth-order valence-corrected chi connectivity index (χ4v) is 3.32. The maximum absolute atomic E-state index is 10.9. The van der Waals surface area contributed by atoms with Crippen LogP contribution in [-0.2, 0) is 11.3 Å². The number of hydrogen-bond acceptors (Lipinski definition) is 2. The Morgan fingerprint density at radius 2 is 1.75 bits per heavy atom. The van der Waals surface area contributed by atoms with Crippen molar-refractivity contribution in [2.75, 3.05) is 6.54 Å². The van der Waals surface area contributed by atoms with Crippen molar-refractivity contribution in [1.82, 2.24) is 5.32 Å². The molecule has 20 heavy (non-hydrogen) atoms. The maximum atomic E-state index is 10.9. The molecular formula is C15H19Cl2NO2. The molecule has 0 spiro atoms. The fourth-order valence-electron chi connectivity index (χ4n) is 2.75. The molecule has 2 N–H and O–H groups in total. The first kappa shape index (κ1) is 15.6. The van der Waals surface area contributed by atoms with Crippen LogP contribution in [0.5, 0.6) is 0 Å². The predicted molar refractivity (Wildman–Crippen MR) is 81.3 cm³/mol. The summed E-state index contributed by atoms with van der Waals surface area (Å²) < 4.78 is 0. The third-order valence-corrected chi connectivity index (χ3v) is 4.32. The normalized spacial score (nSPS) is 22.7. The summed E-state index contributed by atoms with van der Waals surface area (Å²) in [6, 6.07) is 5.53. The molecule has 0 aromatic heterocycles. The van der Waals surface area contributed by atoms with Crippen molar-refractivity contribution in [2.24, 2.45) is 11.8 Å². The first-order valence-electron chi connectivity index (χ1n) is 6.93. The molecule has 0 radical (unpaired) electrons. The molecule has 1 saturated carbocycles. The molecule has 1 aliphatic carbocycles. The van der Waals surface area contributed by atoms with Gasteiger partial charge in [-0.15, -0.1) is 0 Å². The van der Waals surface area contributed by atoms with Gasteiger partial charge in [-0.3, -0.25) is 4.79 Å². The van der Waals surface area contributed by atoms with Gasteiger partial charge in [-0.1, -0.05) is 23.2 Å². The molecular weight excluding hydrogens is 297 g/mol. The highest BCUT2D eigenvalue weighted by atomic mass is 35.5. The summed E-state index contributed by atoms with van der Waals surface area (Å²) in [4.78, 5) is 10.9. The molecule has 0 unspecified atom stereocenters. The van der Waals surface area contributed by atoms with Gasteiger partial charge in [-0.2, -0.15) is 0 Å². The molecule has 0 bridgehead atoms. The molecule has 0 aliphatic heterocycles. The van der Waals surface area contributed by atoms with Crippen molar-refractivity contribution in [3.05, 3.63) is 33.8 Å². The van der Waals surface area contributed by atoms with Crippen molar-refractivity contribution >= 4 is 29.2 Å². The van der Waals surface area contributed by atoms with Gasteiger partial charge in [-0.25, -0.2) is 0 Å². The van der Waals surface area contributed by atoms with Crippen LogP contribution in [0.4, 0.5) is 0 Å². The van der Waals surface area contributed by atoms with Gasteiger partial charge in [-0.05, 0) is 61.9 Å². The lowest BCUT2D eigenvalue weighted by molar-refractivity contribution is -0.143. The minimum atomic E-state index is -0.648. The van der Waals surface area contributed by atoms with E-state index in [-0.39, 0.29) is 5.92 Å². The summed E-state index contributed by atoms with van der Waals surface area (Å²) in [5.41, 5.74) is 1.07. The van der Waals surface area contributed by atoms with Crippen molar-refractivity contribution < 1.29 is 9.90 Å². The second kappa shape index (κ2) is 7.30. The van der Waals surface area contributed by atoms with Crippen LogP contribution in [0.1, 0.15) is 31.2 Å². The summed E-state index contributed by atoms with van der Waals surface area (Å²) in [5.74, 6) is -0.219. The van der Waals surface area contributed by atoms with Crippen LogP contribution < -0.4 is 5.32 Å². The van der Waals surface area contributed by atoms with E-state index in [4.69, 9.17) is 28.3 Å². The van der Waals surface area contributed by atoms with E-state index in [1.54, 1.807) is 6.07 Å². The average molecular weight is 316 g/mol. The quantitative estimate of drug-likeness (QED) is 0.864. The van der Waals surface area contributed by atoms with E-state index in [1.807, 2.05) is 12.1 Å². The predicted octanol–water partition coefficient (Wildman–Crippen LogP) is 3.97. The van der Waals surface area contributed by atoms with E-state index >= 15 is 0 Å². The van der Waals surface area contributed by atoms with Crippen molar-refractivity contribution in [1.29, 1.82) is 0 Å². The molecule has 110 valence electrons. The molecule has 5 heteroatoms. The third kappa shape index (κ3) is 4.65. The monoisotopic (exact) mass is 315 g/mol. The zero-order chi connectivity index (χ0) is 14.5. The Hall–Kier alpha value is -0.770. The highest BCUT2D eigenvalue weighted by Gasteiger charge is 2.25. The van der Waals surface area contributed by atoms with Crippen molar-refractivity contribution in [3.8, 4) is 0 Å². The van der Waals surface area contributed by atoms with Crippen LogP contribution in [0.2, 0.25) is 10.0 Å². The number of benzene rings is 1. The Balaban J connectivity index is 1.73. The average Bonchev–Trinajstić information content (AvgIpc) is 2.38. The second-order valence-electron chi connectivity index (χ2n) is 5.46.